The molecule has 0 aromatic heterocycles. The molecule has 3 fully saturated rings. The summed E-state index contributed by atoms with van der Waals surface area (Å²) in [6.07, 6.45) is 9.15. The van der Waals surface area contributed by atoms with Crippen molar-refractivity contribution in [1.82, 2.24) is 4.72 Å². The van der Waals surface area contributed by atoms with E-state index in [4.69, 9.17) is 4.74 Å². The number of nitrogens with one attached hydrogen (secondary N) is 1. The topological polar surface area (TPSA) is 72.5 Å². The molecule has 1 aromatic carbocycles. The Hall–Kier alpha value is -1.47. The molecule has 3 aliphatic carbocycles. The SMILES string of the molecule is CC1CC2CCC(OCc3cc(F)c(C(=O)NS(C)(=O)=O)cc3C3CC3)C(C1)C2. The minimum atomic E-state index is -3.74. The molecule has 29 heavy (non-hydrogen) atoms. The number of hydrogen-bond donors (Lipinski definition) is 1. The van der Waals surface area contributed by atoms with Crippen LogP contribution in [-0.4, -0.2) is 26.7 Å². The molecule has 1 N–H and O–H groups in total. The summed E-state index contributed by atoms with van der Waals surface area (Å²) >= 11 is 0. The number of sulfonamides is 1. The Morgan fingerprint density at radius 3 is 2.62 bits per heavy atom. The van der Waals surface area contributed by atoms with Gasteiger partial charge in [-0.05, 0) is 91.9 Å². The molecule has 5 nitrogen and oxygen atoms in total. The van der Waals surface area contributed by atoms with E-state index in [0.717, 1.165) is 48.5 Å². The molecule has 0 saturated heterocycles. The molecule has 4 rings (SSSR count). The van der Waals surface area contributed by atoms with Crippen LogP contribution in [0.5, 0.6) is 0 Å². The standard InChI is InChI=1S/C22H30FNO4S/c1-13-7-14-3-6-21(16(8-13)9-14)28-12-17-10-20(23)19(11-18(17)15-4-5-15)22(25)24-29(2,26)27/h10-11,13-16,21H,3-9,12H2,1-2H3,(H,24,25). The summed E-state index contributed by atoms with van der Waals surface area (Å²) in [6, 6.07) is 2.88. The smallest absolute Gasteiger partial charge is 0.267 e. The van der Waals surface area contributed by atoms with Crippen molar-refractivity contribution in [3.63, 3.8) is 0 Å². The lowest BCUT2D eigenvalue weighted by atomic mass is 9.67. The van der Waals surface area contributed by atoms with E-state index >= 15 is 0 Å². The van der Waals surface area contributed by atoms with Gasteiger partial charge in [-0.25, -0.2) is 17.5 Å². The van der Waals surface area contributed by atoms with Crippen molar-refractivity contribution in [1.29, 1.82) is 0 Å². The minimum Gasteiger partial charge on any atom is -0.373 e. The molecule has 2 bridgehead atoms. The summed E-state index contributed by atoms with van der Waals surface area (Å²) in [5, 5.41) is 0. The van der Waals surface area contributed by atoms with E-state index in [1.54, 1.807) is 0 Å². The summed E-state index contributed by atoms with van der Waals surface area (Å²) in [4.78, 5) is 12.2. The number of carbonyl (C=O) groups is 1. The number of amides is 1. The molecular weight excluding hydrogens is 393 g/mol. The van der Waals surface area contributed by atoms with Gasteiger partial charge in [0.25, 0.3) is 5.91 Å². The average Bonchev–Trinajstić information content (AvgIpc) is 3.44. The van der Waals surface area contributed by atoms with Crippen molar-refractivity contribution in [3.05, 3.63) is 34.6 Å². The summed E-state index contributed by atoms with van der Waals surface area (Å²) in [5.74, 6) is 0.835. The first-order chi connectivity index (χ1) is 13.7. The Balaban J connectivity index is 1.50. The van der Waals surface area contributed by atoms with Crippen LogP contribution < -0.4 is 4.72 Å². The van der Waals surface area contributed by atoms with Crippen LogP contribution in [0.4, 0.5) is 4.39 Å². The average molecular weight is 424 g/mol. The zero-order valence-corrected chi connectivity index (χ0v) is 17.9. The van der Waals surface area contributed by atoms with Crippen molar-refractivity contribution in [2.45, 2.75) is 70.5 Å². The van der Waals surface area contributed by atoms with Crippen LogP contribution in [0.15, 0.2) is 12.1 Å². The number of ether oxygens (including phenoxy) is 1. The highest BCUT2D eigenvalue weighted by molar-refractivity contribution is 7.89. The van der Waals surface area contributed by atoms with E-state index in [9.17, 15) is 17.6 Å². The van der Waals surface area contributed by atoms with Crippen molar-refractivity contribution < 1.29 is 22.3 Å². The van der Waals surface area contributed by atoms with E-state index in [1.807, 2.05) is 4.72 Å². The van der Waals surface area contributed by atoms with Gasteiger partial charge in [0.15, 0.2) is 0 Å². The largest absolute Gasteiger partial charge is 0.373 e. The van der Waals surface area contributed by atoms with Gasteiger partial charge in [0.2, 0.25) is 10.0 Å². The monoisotopic (exact) mass is 423 g/mol. The summed E-state index contributed by atoms with van der Waals surface area (Å²) in [5.41, 5.74) is 1.48. The van der Waals surface area contributed by atoms with Gasteiger partial charge >= 0.3 is 0 Å². The molecular formula is C22H30FNO4S. The minimum absolute atomic E-state index is 0.220. The third kappa shape index (κ3) is 5.00. The van der Waals surface area contributed by atoms with Crippen molar-refractivity contribution >= 4 is 15.9 Å². The molecule has 1 amide bonds. The fourth-order valence-electron chi connectivity index (χ4n) is 5.32. The lowest BCUT2D eigenvalue weighted by Crippen LogP contribution is -2.37. The molecule has 0 aliphatic heterocycles. The summed E-state index contributed by atoms with van der Waals surface area (Å²) in [6.45, 7) is 2.67. The lowest BCUT2D eigenvalue weighted by Gasteiger charge is -2.42. The Kier molecular flexibility index (Phi) is 5.73. The quantitative estimate of drug-likeness (QED) is 0.747. The van der Waals surface area contributed by atoms with Gasteiger partial charge in [-0.15, -0.1) is 0 Å². The molecule has 4 atom stereocenters. The Bertz CT molecular complexity index is 894. The third-order valence-electron chi connectivity index (χ3n) is 6.68. The molecule has 3 aliphatic rings. The number of rotatable bonds is 6. The second-order valence-corrected chi connectivity index (χ2v) is 11.1. The predicted molar refractivity (Wildman–Crippen MR) is 108 cm³/mol. The molecule has 4 unspecified atom stereocenters. The fourth-order valence-corrected chi connectivity index (χ4v) is 5.77. The Labute approximate surface area is 172 Å². The van der Waals surface area contributed by atoms with Crippen molar-refractivity contribution in [2.75, 3.05) is 6.26 Å². The summed E-state index contributed by atoms with van der Waals surface area (Å²) < 4.78 is 45.5. The van der Waals surface area contributed by atoms with Crippen LogP contribution in [0, 0.1) is 23.6 Å². The van der Waals surface area contributed by atoms with E-state index in [0.29, 0.717) is 18.4 Å². The van der Waals surface area contributed by atoms with Gasteiger partial charge in [0.05, 0.1) is 24.5 Å². The van der Waals surface area contributed by atoms with Gasteiger partial charge in [-0.2, -0.15) is 0 Å². The number of carbonyl (C=O) groups excluding carboxylic acids is 1. The molecule has 0 radical (unpaired) electrons. The fraction of sp³-hybridized carbons (Fsp3) is 0.682. The second kappa shape index (κ2) is 7.99. The predicted octanol–water partition coefficient (Wildman–Crippen LogP) is 4.12. The molecule has 0 spiro atoms. The number of fused-ring (bicyclic) bond motifs is 2. The van der Waals surface area contributed by atoms with Gasteiger partial charge in [0.1, 0.15) is 5.82 Å². The van der Waals surface area contributed by atoms with E-state index in [2.05, 4.69) is 6.92 Å². The first-order valence-corrected chi connectivity index (χ1v) is 12.5. The maximum absolute atomic E-state index is 14.6. The van der Waals surface area contributed by atoms with E-state index < -0.39 is 21.7 Å². The van der Waals surface area contributed by atoms with Crippen LogP contribution in [0.2, 0.25) is 0 Å². The molecule has 3 saturated carbocycles. The third-order valence-corrected chi connectivity index (χ3v) is 7.24. The van der Waals surface area contributed by atoms with Crippen LogP contribution in [0.3, 0.4) is 0 Å². The van der Waals surface area contributed by atoms with Gasteiger partial charge in [-0.1, -0.05) is 6.92 Å². The van der Waals surface area contributed by atoms with Crippen LogP contribution >= 0.6 is 0 Å². The van der Waals surface area contributed by atoms with Gasteiger partial charge in [0, 0.05) is 0 Å². The first-order valence-electron chi connectivity index (χ1n) is 10.7. The molecule has 160 valence electrons. The van der Waals surface area contributed by atoms with E-state index in [1.165, 1.54) is 37.8 Å². The van der Waals surface area contributed by atoms with Crippen molar-refractivity contribution in [2.24, 2.45) is 17.8 Å². The Morgan fingerprint density at radius 2 is 1.93 bits per heavy atom. The highest BCUT2D eigenvalue weighted by atomic mass is 32.2. The zero-order chi connectivity index (χ0) is 20.8. The van der Waals surface area contributed by atoms with Gasteiger partial charge < -0.3 is 4.74 Å². The Morgan fingerprint density at radius 1 is 1.17 bits per heavy atom. The number of halogens is 1. The van der Waals surface area contributed by atoms with Gasteiger partial charge in [-0.3, -0.25) is 4.79 Å². The zero-order valence-electron chi connectivity index (χ0n) is 17.1. The maximum Gasteiger partial charge on any atom is 0.267 e. The lowest BCUT2D eigenvalue weighted by molar-refractivity contribution is -0.0560. The maximum atomic E-state index is 14.6. The molecule has 1 aromatic rings. The van der Waals surface area contributed by atoms with Crippen LogP contribution in [0.25, 0.3) is 0 Å². The van der Waals surface area contributed by atoms with Crippen LogP contribution in [0.1, 0.15) is 79.3 Å². The highest BCUT2D eigenvalue weighted by Crippen LogP contribution is 2.45. The molecule has 7 heteroatoms. The van der Waals surface area contributed by atoms with E-state index in [-0.39, 0.29) is 11.7 Å². The number of benzene rings is 1. The van der Waals surface area contributed by atoms with Crippen molar-refractivity contribution in [3.8, 4) is 0 Å². The van der Waals surface area contributed by atoms with Crippen LogP contribution in [-0.2, 0) is 21.4 Å². The first kappa shape index (κ1) is 20.8. The summed E-state index contributed by atoms with van der Waals surface area (Å²) in [7, 11) is -3.74. The normalized spacial score (nSPS) is 29.5. The molecule has 0 heterocycles. The second-order valence-electron chi connectivity index (χ2n) is 9.37. The highest BCUT2D eigenvalue weighted by Gasteiger charge is 2.37. The number of hydrogen-bond acceptors (Lipinski definition) is 4.